The standard InChI is InChI=1S/C17H21N5O2/c23-17(21-16-13-18-7-8-19-16)20-14-5-1-2-6-15(14)24-12-11-22-9-3-4-10-22/h1-2,5-8,13H,3-4,9-12H2,(H2,19,20,21,23). The second-order valence-electron chi connectivity index (χ2n) is 5.56. The summed E-state index contributed by atoms with van der Waals surface area (Å²) in [5.74, 6) is 1.05. The van der Waals surface area contributed by atoms with Crippen molar-refractivity contribution in [2.24, 2.45) is 0 Å². The Bertz CT molecular complexity index is 659. The van der Waals surface area contributed by atoms with Crippen molar-refractivity contribution in [1.82, 2.24) is 14.9 Å². The second kappa shape index (κ2) is 8.26. The number of likely N-dealkylation sites (tertiary alicyclic amines) is 1. The minimum atomic E-state index is -0.383. The molecule has 1 fully saturated rings. The summed E-state index contributed by atoms with van der Waals surface area (Å²) in [6.07, 6.45) is 7.08. The van der Waals surface area contributed by atoms with E-state index in [0.29, 0.717) is 23.9 Å². The largest absolute Gasteiger partial charge is 0.490 e. The van der Waals surface area contributed by atoms with E-state index in [2.05, 4.69) is 25.5 Å². The van der Waals surface area contributed by atoms with Gasteiger partial charge in [-0.1, -0.05) is 12.1 Å². The fourth-order valence-electron chi connectivity index (χ4n) is 2.62. The lowest BCUT2D eigenvalue weighted by atomic mass is 10.3. The number of para-hydroxylation sites is 2. The van der Waals surface area contributed by atoms with Gasteiger partial charge in [0.05, 0.1) is 11.9 Å². The Morgan fingerprint density at radius 3 is 2.79 bits per heavy atom. The van der Waals surface area contributed by atoms with Crippen molar-refractivity contribution in [1.29, 1.82) is 0 Å². The zero-order valence-electron chi connectivity index (χ0n) is 13.4. The molecule has 2 N–H and O–H groups in total. The van der Waals surface area contributed by atoms with Crippen LogP contribution < -0.4 is 15.4 Å². The summed E-state index contributed by atoms with van der Waals surface area (Å²) < 4.78 is 5.84. The first-order chi connectivity index (χ1) is 11.8. The number of nitrogens with one attached hydrogen (secondary N) is 2. The number of benzene rings is 1. The molecule has 126 valence electrons. The Morgan fingerprint density at radius 1 is 1.17 bits per heavy atom. The molecule has 0 saturated carbocycles. The van der Waals surface area contributed by atoms with Gasteiger partial charge in [-0.2, -0.15) is 0 Å². The van der Waals surface area contributed by atoms with E-state index in [4.69, 9.17) is 4.74 Å². The van der Waals surface area contributed by atoms with Crippen molar-refractivity contribution in [3.05, 3.63) is 42.9 Å². The Balaban J connectivity index is 1.54. The van der Waals surface area contributed by atoms with Crippen LogP contribution in [0.1, 0.15) is 12.8 Å². The molecule has 2 amide bonds. The van der Waals surface area contributed by atoms with Crippen molar-refractivity contribution in [3.63, 3.8) is 0 Å². The average molecular weight is 327 g/mol. The summed E-state index contributed by atoms with van der Waals surface area (Å²) in [4.78, 5) is 22.4. The highest BCUT2D eigenvalue weighted by Gasteiger charge is 2.12. The molecule has 0 aliphatic carbocycles. The molecule has 2 aromatic rings. The van der Waals surface area contributed by atoms with Gasteiger partial charge in [-0.3, -0.25) is 15.2 Å². The van der Waals surface area contributed by atoms with Crippen molar-refractivity contribution in [3.8, 4) is 5.75 Å². The topological polar surface area (TPSA) is 79.4 Å². The number of hydrogen-bond donors (Lipinski definition) is 2. The van der Waals surface area contributed by atoms with Crippen LogP contribution in [0.25, 0.3) is 0 Å². The van der Waals surface area contributed by atoms with Crippen LogP contribution in [0.4, 0.5) is 16.3 Å². The third kappa shape index (κ3) is 4.66. The molecule has 0 atom stereocenters. The molecular formula is C17H21N5O2. The number of aromatic nitrogens is 2. The monoisotopic (exact) mass is 327 g/mol. The van der Waals surface area contributed by atoms with E-state index in [1.807, 2.05) is 18.2 Å². The van der Waals surface area contributed by atoms with Gasteiger partial charge in [-0.05, 0) is 38.1 Å². The van der Waals surface area contributed by atoms with Gasteiger partial charge in [0.25, 0.3) is 0 Å². The van der Waals surface area contributed by atoms with E-state index in [-0.39, 0.29) is 6.03 Å². The quantitative estimate of drug-likeness (QED) is 0.852. The molecule has 2 heterocycles. The highest BCUT2D eigenvalue weighted by molar-refractivity contribution is 5.99. The number of hydrogen-bond acceptors (Lipinski definition) is 5. The van der Waals surface area contributed by atoms with Crippen LogP contribution in [0.5, 0.6) is 5.75 Å². The molecule has 0 bridgehead atoms. The molecule has 0 radical (unpaired) electrons. The number of anilines is 2. The van der Waals surface area contributed by atoms with Gasteiger partial charge in [0.1, 0.15) is 12.4 Å². The zero-order chi connectivity index (χ0) is 16.6. The predicted octanol–water partition coefficient (Wildman–Crippen LogP) is 2.60. The van der Waals surface area contributed by atoms with Gasteiger partial charge in [0.2, 0.25) is 0 Å². The van der Waals surface area contributed by atoms with Crippen LogP contribution in [0.3, 0.4) is 0 Å². The first kappa shape index (κ1) is 16.2. The summed E-state index contributed by atoms with van der Waals surface area (Å²) in [5.41, 5.74) is 0.625. The maximum Gasteiger partial charge on any atom is 0.324 e. The molecule has 7 nitrogen and oxygen atoms in total. The molecule has 0 spiro atoms. The van der Waals surface area contributed by atoms with Crippen molar-refractivity contribution >= 4 is 17.5 Å². The first-order valence-corrected chi connectivity index (χ1v) is 8.09. The third-order valence-electron chi connectivity index (χ3n) is 3.80. The molecule has 24 heavy (non-hydrogen) atoms. The fourth-order valence-corrected chi connectivity index (χ4v) is 2.62. The molecule has 0 unspecified atom stereocenters. The number of carbonyl (C=O) groups excluding carboxylic acids is 1. The summed E-state index contributed by atoms with van der Waals surface area (Å²) in [5, 5.41) is 5.41. The van der Waals surface area contributed by atoms with Crippen LogP contribution >= 0.6 is 0 Å². The van der Waals surface area contributed by atoms with Gasteiger partial charge < -0.3 is 10.1 Å². The third-order valence-corrected chi connectivity index (χ3v) is 3.80. The van der Waals surface area contributed by atoms with Crippen molar-refractivity contribution < 1.29 is 9.53 Å². The number of rotatable bonds is 6. The van der Waals surface area contributed by atoms with Gasteiger partial charge in [0, 0.05) is 18.9 Å². The highest BCUT2D eigenvalue weighted by Crippen LogP contribution is 2.24. The minimum Gasteiger partial charge on any atom is -0.490 e. The van der Waals surface area contributed by atoms with Crippen molar-refractivity contribution in [2.45, 2.75) is 12.8 Å². The first-order valence-electron chi connectivity index (χ1n) is 8.09. The maximum absolute atomic E-state index is 12.1. The van der Waals surface area contributed by atoms with Crippen LogP contribution in [-0.4, -0.2) is 47.1 Å². The SMILES string of the molecule is O=C(Nc1cnccn1)Nc1ccccc1OCCN1CCCC1. The molecular weight excluding hydrogens is 306 g/mol. The highest BCUT2D eigenvalue weighted by atomic mass is 16.5. The Kier molecular flexibility index (Phi) is 5.57. The molecule has 1 aromatic heterocycles. The molecule has 3 rings (SSSR count). The number of amides is 2. The fraction of sp³-hybridized carbons (Fsp3) is 0.353. The summed E-state index contributed by atoms with van der Waals surface area (Å²) in [6, 6.07) is 7.01. The number of ether oxygens (including phenoxy) is 1. The number of nitrogens with zero attached hydrogens (tertiary/aromatic N) is 3. The van der Waals surface area contributed by atoms with E-state index >= 15 is 0 Å². The van der Waals surface area contributed by atoms with Gasteiger partial charge in [0.15, 0.2) is 5.82 Å². The summed E-state index contributed by atoms with van der Waals surface area (Å²) >= 11 is 0. The maximum atomic E-state index is 12.1. The normalized spacial score (nSPS) is 14.3. The lowest BCUT2D eigenvalue weighted by Gasteiger charge is -2.16. The summed E-state index contributed by atoms with van der Waals surface area (Å²) in [6.45, 7) is 3.79. The van der Waals surface area contributed by atoms with Crippen LogP contribution in [0.15, 0.2) is 42.9 Å². The summed E-state index contributed by atoms with van der Waals surface area (Å²) in [7, 11) is 0. The smallest absolute Gasteiger partial charge is 0.324 e. The lowest BCUT2D eigenvalue weighted by molar-refractivity contribution is 0.238. The van der Waals surface area contributed by atoms with Gasteiger partial charge >= 0.3 is 6.03 Å². The van der Waals surface area contributed by atoms with Crippen molar-refractivity contribution in [2.75, 3.05) is 36.9 Å². The molecule has 7 heteroatoms. The predicted molar refractivity (Wildman–Crippen MR) is 92.3 cm³/mol. The average Bonchev–Trinajstić information content (AvgIpc) is 3.11. The Hall–Kier alpha value is -2.67. The van der Waals surface area contributed by atoms with Gasteiger partial charge in [-0.25, -0.2) is 9.78 Å². The van der Waals surface area contributed by atoms with E-state index in [1.165, 1.54) is 25.2 Å². The zero-order valence-corrected chi connectivity index (χ0v) is 13.4. The number of urea groups is 1. The second-order valence-corrected chi connectivity index (χ2v) is 5.56. The molecule has 1 aliphatic rings. The van der Waals surface area contributed by atoms with Crippen LogP contribution in [0.2, 0.25) is 0 Å². The molecule has 1 aromatic carbocycles. The lowest BCUT2D eigenvalue weighted by Crippen LogP contribution is -2.25. The molecule has 1 saturated heterocycles. The minimum absolute atomic E-state index is 0.383. The number of carbonyl (C=O) groups is 1. The molecule has 1 aliphatic heterocycles. The van der Waals surface area contributed by atoms with E-state index in [9.17, 15) is 4.79 Å². The van der Waals surface area contributed by atoms with Gasteiger partial charge in [-0.15, -0.1) is 0 Å². The van der Waals surface area contributed by atoms with E-state index in [0.717, 1.165) is 19.6 Å². The van der Waals surface area contributed by atoms with Crippen LogP contribution in [-0.2, 0) is 0 Å². The van der Waals surface area contributed by atoms with E-state index in [1.54, 1.807) is 12.3 Å². The van der Waals surface area contributed by atoms with Crippen LogP contribution in [0, 0.1) is 0 Å². The Morgan fingerprint density at radius 2 is 2.00 bits per heavy atom. The van der Waals surface area contributed by atoms with E-state index < -0.39 is 0 Å². The Labute approximate surface area is 141 Å².